The Balaban J connectivity index is 1.54. The van der Waals surface area contributed by atoms with Crippen molar-refractivity contribution in [3.8, 4) is 11.1 Å². The number of nitrogens with one attached hydrogen (secondary N) is 1. The molecule has 3 rings (SSSR count). The number of carbonyl (C=O) groups excluding carboxylic acids is 2. The van der Waals surface area contributed by atoms with Crippen molar-refractivity contribution in [3.05, 3.63) is 77.0 Å². The van der Waals surface area contributed by atoms with Crippen LogP contribution in [-0.2, 0) is 20.7 Å². The maximum Gasteiger partial charge on any atom is 0.306 e. The molecule has 0 saturated carbocycles. The molecule has 1 aromatic heterocycles. The van der Waals surface area contributed by atoms with Crippen LogP contribution in [0.5, 0.6) is 0 Å². The molecule has 5 heteroatoms. The molecule has 1 atom stereocenters. The highest BCUT2D eigenvalue weighted by atomic mass is 32.1. The number of aryl methyl sites for hydroxylation is 1. The summed E-state index contributed by atoms with van der Waals surface area (Å²) in [6.07, 6.45) is 1.01. The fraction of sp³-hybridized carbons (Fsp3) is 0.217. The molecule has 0 aliphatic carbocycles. The number of hydrogen-bond donors (Lipinski definition) is 1. The van der Waals surface area contributed by atoms with Crippen LogP contribution in [0.1, 0.15) is 24.6 Å². The van der Waals surface area contributed by atoms with Gasteiger partial charge in [0.15, 0.2) is 6.10 Å². The summed E-state index contributed by atoms with van der Waals surface area (Å²) < 4.78 is 5.30. The van der Waals surface area contributed by atoms with E-state index in [9.17, 15) is 9.59 Å². The molecule has 0 spiro atoms. The van der Waals surface area contributed by atoms with E-state index in [1.54, 1.807) is 18.3 Å². The van der Waals surface area contributed by atoms with Crippen LogP contribution in [0, 0.1) is 0 Å². The number of anilines is 1. The zero-order valence-corrected chi connectivity index (χ0v) is 16.6. The lowest BCUT2D eigenvalue weighted by Crippen LogP contribution is -2.30. The summed E-state index contributed by atoms with van der Waals surface area (Å²) in [4.78, 5) is 25.8. The highest BCUT2D eigenvalue weighted by molar-refractivity contribution is 7.09. The Morgan fingerprint density at radius 1 is 1.00 bits per heavy atom. The van der Waals surface area contributed by atoms with Gasteiger partial charge >= 0.3 is 5.97 Å². The summed E-state index contributed by atoms with van der Waals surface area (Å²) in [6.45, 7) is 1.59. The summed E-state index contributed by atoms with van der Waals surface area (Å²) in [5.41, 5.74) is 2.63. The van der Waals surface area contributed by atoms with E-state index >= 15 is 0 Å². The van der Waals surface area contributed by atoms with Gasteiger partial charge in [0.1, 0.15) is 0 Å². The minimum atomic E-state index is -0.849. The van der Waals surface area contributed by atoms with Crippen molar-refractivity contribution < 1.29 is 14.3 Å². The molecule has 28 heavy (non-hydrogen) atoms. The second kappa shape index (κ2) is 9.85. The third kappa shape index (κ3) is 5.54. The average molecular weight is 394 g/mol. The van der Waals surface area contributed by atoms with E-state index in [-0.39, 0.29) is 11.9 Å². The SMILES string of the molecule is C[C@H](OC(=O)CCCc1cccs1)C(=O)Nc1ccccc1-c1ccccc1. The summed E-state index contributed by atoms with van der Waals surface area (Å²) in [5, 5.41) is 4.90. The number of rotatable bonds is 8. The number of benzene rings is 2. The molecule has 3 aromatic rings. The van der Waals surface area contributed by atoms with Crippen molar-refractivity contribution in [2.45, 2.75) is 32.3 Å². The van der Waals surface area contributed by atoms with Gasteiger partial charge < -0.3 is 10.1 Å². The summed E-state index contributed by atoms with van der Waals surface area (Å²) in [6, 6.07) is 21.5. The predicted octanol–water partition coefficient (Wildman–Crippen LogP) is 5.31. The fourth-order valence-electron chi connectivity index (χ4n) is 2.87. The molecular formula is C23H23NO3S. The Kier molecular flexibility index (Phi) is 6.98. The van der Waals surface area contributed by atoms with Gasteiger partial charge in [0, 0.05) is 22.5 Å². The Bertz CT molecular complexity index is 907. The van der Waals surface area contributed by atoms with Crippen molar-refractivity contribution in [1.82, 2.24) is 0 Å². The molecule has 1 N–H and O–H groups in total. The van der Waals surface area contributed by atoms with Gasteiger partial charge in [-0.1, -0.05) is 54.6 Å². The molecule has 0 radical (unpaired) electrons. The van der Waals surface area contributed by atoms with Crippen molar-refractivity contribution in [1.29, 1.82) is 0 Å². The Morgan fingerprint density at radius 3 is 2.50 bits per heavy atom. The van der Waals surface area contributed by atoms with Crippen LogP contribution in [0.15, 0.2) is 72.1 Å². The standard InChI is InChI=1S/C23H23NO3S/c1-17(27-22(25)15-7-11-19-12-8-16-28-19)23(26)24-21-14-6-5-13-20(21)18-9-3-2-4-10-18/h2-6,8-10,12-14,16-17H,7,11,15H2,1H3,(H,24,26)/t17-/m0/s1. The lowest BCUT2D eigenvalue weighted by Gasteiger charge is -2.16. The third-order valence-electron chi connectivity index (χ3n) is 4.33. The fourth-order valence-corrected chi connectivity index (χ4v) is 3.62. The minimum Gasteiger partial charge on any atom is -0.453 e. The van der Waals surface area contributed by atoms with Gasteiger partial charge in [0.05, 0.1) is 0 Å². The van der Waals surface area contributed by atoms with Crippen LogP contribution in [0.2, 0.25) is 0 Å². The van der Waals surface area contributed by atoms with Crippen molar-refractivity contribution in [2.24, 2.45) is 0 Å². The monoisotopic (exact) mass is 393 g/mol. The molecular weight excluding hydrogens is 370 g/mol. The molecule has 1 amide bonds. The Labute approximate surface area is 169 Å². The topological polar surface area (TPSA) is 55.4 Å². The first-order chi connectivity index (χ1) is 13.6. The Hall–Kier alpha value is -2.92. The van der Waals surface area contributed by atoms with Crippen LogP contribution in [0.3, 0.4) is 0 Å². The van der Waals surface area contributed by atoms with E-state index < -0.39 is 6.10 Å². The van der Waals surface area contributed by atoms with E-state index in [1.807, 2.05) is 66.0 Å². The van der Waals surface area contributed by atoms with Crippen LogP contribution < -0.4 is 5.32 Å². The zero-order valence-electron chi connectivity index (χ0n) is 15.8. The first-order valence-corrected chi connectivity index (χ1v) is 10.2. The van der Waals surface area contributed by atoms with E-state index in [1.165, 1.54) is 4.88 Å². The third-order valence-corrected chi connectivity index (χ3v) is 5.27. The smallest absolute Gasteiger partial charge is 0.306 e. The molecule has 4 nitrogen and oxygen atoms in total. The largest absolute Gasteiger partial charge is 0.453 e. The van der Waals surface area contributed by atoms with Gasteiger partial charge in [-0.3, -0.25) is 9.59 Å². The molecule has 0 aliphatic heterocycles. The number of carbonyl (C=O) groups is 2. The molecule has 0 unspecified atom stereocenters. The summed E-state index contributed by atoms with van der Waals surface area (Å²) >= 11 is 1.68. The lowest BCUT2D eigenvalue weighted by molar-refractivity contribution is -0.153. The number of amides is 1. The van der Waals surface area contributed by atoms with E-state index in [0.29, 0.717) is 18.5 Å². The van der Waals surface area contributed by atoms with Crippen molar-refractivity contribution in [2.75, 3.05) is 5.32 Å². The average Bonchev–Trinajstić information content (AvgIpc) is 3.22. The number of ether oxygens (including phenoxy) is 1. The highest BCUT2D eigenvalue weighted by Gasteiger charge is 2.19. The summed E-state index contributed by atoms with van der Waals surface area (Å²) in [5.74, 6) is -0.689. The van der Waals surface area contributed by atoms with Gasteiger partial charge in [0.25, 0.3) is 5.91 Å². The highest BCUT2D eigenvalue weighted by Crippen LogP contribution is 2.27. The lowest BCUT2D eigenvalue weighted by atomic mass is 10.0. The van der Waals surface area contributed by atoms with Gasteiger partial charge in [-0.15, -0.1) is 11.3 Å². The number of para-hydroxylation sites is 1. The molecule has 144 valence electrons. The van der Waals surface area contributed by atoms with E-state index in [2.05, 4.69) is 11.4 Å². The molecule has 0 fully saturated rings. The molecule has 0 aliphatic rings. The molecule has 0 saturated heterocycles. The molecule has 1 heterocycles. The first-order valence-electron chi connectivity index (χ1n) is 9.30. The van der Waals surface area contributed by atoms with E-state index in [0.717, 1.165) is 17.5 Å². The molecule has 2 aromatic carbocycles. The van der Waals surface area contributed by atoms with Crippen LogP contribution in [0.4, 0.5) is 5.69 Å². The zero-order chi connectivity index (χ0) is 19.8. The predicted molar refractivity (Wildman–Crippen MR) is 113 cm³/mol. The van der Waals surface area contributed by atoms with Gasteiger partial charge in [-0.2, -0.15) is 0 Å². The van der Waals surface area contributed by atoms with Gasteiger partial charge in [-0.25, -0.2) is 0 Å². The van der Waals surface area contributed by atoms with Crippen molar-refractivity contribution in [3.63, 3.8) is 0 Å². The number of hydrogen-bond acceptors (Lipinski definition) is 4. The Morgan fingerprint density at radius 2 is 1.75 bits per heavy atom. The van der Waals surface area contributed by atoms with Crippen molar-refractivity contribution >= 4 is 28.9 Å². The number of thiophene rings is 1. The minimum absolute atomic E-state index is 0.302. The quantitative estimate of drug-likeness (QED) is 0.528. The van der Waals surface area contributed by atoms with Crippen LogP contribution in [-0.4, -0.2) is 18.0 Å². The van der Waals surface area contributed by atoms with Crippen LogP contribution >= 0.6 is 11.3 Å². The second-order valence-corrected chi connectivity index (χ2v) is 7.50. The van der Waals surface area contributed by atoms with Gasteiger partial charge in [0.2, 0.25) is 0 Å². The normalized spacial score (nSPS) is 11.6. The van der Waals surface area contributed by atoms with E-state index in [4.69, 9.17) is 4.74 Å². The number of esters is 1. The maximum atomic E-state index is 12.5. The second-order valence-electron chi connectivity index (χ2n) is 6.47. The molecule has 0 bridgehead atoms. The summed E-state index contributed by atoms with van der Waals surface area (Å²) in [7, 11) is 0. The van der Waals surface area contributed by atoms with Crippen LogP contribution in [0.25, 0.3) is 11.1 Å². The maximum absolute atomic E-state index is 12.5. The van der Waals surface area contributed by atoms with Gasteiger partial charge in [-0.05, 0) is 42.8 Å². The first kappa shape index (κ1) is 19.8.